The predicted octanol–water partition coefficient (Wildman–Crippen LogP) is 3.70. The zero-order chi connectivity index (χ0) is 20.3. The summed E-state index contributed by atoms with van der Waals surface area (Å²) in [4.78, 5) is 32.7. The molecule has 0 atom stereocenters. The van der Waals surface area contributed by atoms with Crippen molar-refractivity contribution in [3.05, 3.63) is 45.8 Å². The minimum Gasteiger partial charge on any atom is -0.497 e. The van der Waals surface area contributed by atoms with Gasteiger partial charge in [-0.25, -0.2) is 4.98 Å². The van der Waals surface area contributed by atoms with Crippen LogP contribution in [0.5, 0.6) is 5.75 Å². The second-order valence-electron chi connectivity index (χ2n) is 6.78. The molecular formula is C21H25N3O3S. The number of ether oxygens (including phenoxy) is 1. The minimum atomic E-state index is -0.174. The summed E-state index contributed by atoms with van der Waals surface area (Å²) < 4.78 is 6.69. The van der Waals surface area contributed by atoms with E-state index < -0.39 is 0 Å². The van der Waals surface area contributed by atoms with E-state index in [4.69, 9.17) is 4.74 Å². The Balaban J connectivity index is 2.00. The fourth-order valence-electron chi connectivity index (χ4n) is 3.07. The van der Waals surface area contributed by atoms with Crippen molar-refractivity contribution in [3.8, 4) is 16.9 Å². The molecule has 7 heteroatoms. The van der Waals surface area contributed by atoms with E-state index in [0.29, 0.717) is 22.6 Å². The third kappa shape index (κ3) is 3.94. The van der Waals surface area contributed by atoms with Gasteiger partial charge in [0.25, 0.3) is 5.56 Å². The Morgan fingerprint density at radius 3 is 2.64 bits per heavy atom. The first-order chi connectivity index (χ1) is 13.5. The average Bonchev–Trinajstić information content (AvgIpc) is 3.12. The number of benzene rings is 1. The van der Waals surface area contributed by atoms with Crippen molar-refractivity contribution in [2.24, 2.45) is 0 Å². The van der Waals surface area contributed by atoms with Crippen LogP contribution in [-0.2, 0) is 11.3 Å². The van der Waals surface area contributed by atoms with Gasteiger partial charge in [-0.1, -0.05) is 25.5 Å². The Hall–Kier alpha value is -2.67. The summed E-state index contributed by atoms with van der Waals surface area (Å²) in [5.41, 5.74) is 1.58. The number of methoxy groups -OCH3 is 1. The molecule has 148 valence electrons. The monoisotopic (exact) mass is 399 g/mol. The number of hydrogen-bond acceptors (Lipinski definition) is 5. The van der Waals surface area contributed by atoms with Gasteiger partial charge >= 0.3 is 0 Å². The predicted molar refractivity (Wildman–Crippen MR) is 113 cm³/mol. The van der Waals surface area contributed by atoms with Crippen molar-refractivity contribution in [1.29, 1.82) is 0 Å². The Bertz CT molecular complexity index is 1040. The molecule has 0 saturated heterocycles. The van der Waals surface area contributed by atoms with Crippen LogP contribution in [0.15, 0.2) is 34.4 Å². The second kappa shape index (κ2) is 8.56. The molecule has 0 unspecified atom stereocenters. The number of unbranched alkanes of at least 4 members (excludes halogenated alkanes) is 1. The summed E-state index contributed by atoms with van der Waals surface area (Å²) in [6, 6.07) is 7.58. The molecule has 0 spiro atoms. The summed E-state index contributed by atoms with van der Waals surface area (Å²) in [7, 11) is 3.40. The maximum Gasteiger partial charge on any atom is 0.263 e. The van der Waals surface area contributed by atoms with Crippen LogP contribution in [0.3, 0.4) is 0 Å². The molecule has 2 heterocycles. The molecule has 3 aromatic rings. The quantitative estimate of drug-likeness (QED) is 0.608. The van der Waals surface area contributed by atoms with Gasteiger partial charge < -0.3 is 9.64 Å². The Labute approximate surface area is 168 Å². The van der Waals surface area contributed by atoms with Crippen LogP contribution >= 0.6 is 11.3 Å². The molecule has 0 bridgehead atoms. The van der Waals surface area contributed by atoms with Gasteiger partial charge in [0.2, 0.25) is 5.91 Å². The highest BCUT2D eigenvalue weighted by Crippen LogP contribution is 2.31. The minimum absolute atomic E-state index is 0.00567. The molecule has 1 aromatic carbocycles. The Kier molecular flexibility index (Phi) is 6.14. The molecule has 3 rings (SSSR count). The maximum atomic E-state index is 13.2. The lowest BCUT2D eigenvalue weighted by molar-refractivity contribution is -0.130. The molecule has 0 aliphatic rings. The highest BCUT2D eigenvalue weighted by atomic mass is 32.1. The number of carbonyl (C=O) groups excluding carboxylic acids is 1. The summed E-state index contributed by atoms with van der Waals surface area (Å²) in [5.74, 6) is 1.23. The van der Waals surface area contributed by atoms with Crippen molar-refractivity contribution >= 4 is 27.5 Å². The number of fused-ring (bicyclic) bond motifs is 1. The number of aromatic nitrogens is 2. The molecule has 0 aliphatic heterocycles. The number of amides is 1. The van der Waals surface area contributed by atoms with E-state index in [1.54, 1.807) is 26.0 Å². The van der Waals surface area contributed by atoms with E-state index in [1.165, 1.54) is 15.9 Å². The number of carbonyl (C=O) groups is 1. The lowest BCUT2D eigenvalue weighted by Gasteiger charge is -2.18. The van der Waals surface area contributed by atoms with Crippen molar-refractivity contribution in [1.82, 2.24) is 14.5 Å². The van der Waals surface area contributed by atoms with Gasteiger partial charge in [-0.15, -0.1) is 11.3 Å². The van der Waals surface area contributed by atoms with Crippen molar-refractivity contribution in [2.45, 2.75) is 33.2 Å². The van der Waals surface area contributed by atoms with Gasteiger partial charge in [0.05, 0.1) is 12.5 Å². The highest BCUT2D eigenvalue weighted by Gasteiger charge is 2.18. The van der Waals surface area contributed by atoms with E-state index in [1.807, 2.05) is 29.6 Å². The van der Waals surface area contributed by atoms with Gasteiger partial charge in [-0.3, -0.25) is 14.2 Å². The summed E-state index contributed by atoms with van der Waals surface area (Å²) in [6.45, 7) is 4.55. The van der Waals surface area contributed by atoms with Crippen molar-refractivity contribution < 1.29 is 9.53 Å². The first kappa shape index (κ1) is 20.1. The fourth-order valence-corrected chi connectivity index (χ4v) is 4.05. The van der Waals surface area contributed by atoms with Gasteiger partial charge in [-0.2, -0.15) is 0 Å². The normalized spacial score (nSPS) is 11.0. The molecule has 0 N–H and O–H groups in total. The van der Waals surface area contributed by atoms with Crippen LogP contribution in [0.2, 0.25) is 0 Å². The molecule has 6 nitrogen and oxygen atoms in total. The van der Waals surface area contributed by atoms with Gasteiger partial charge in [0.15, 0.2) is 0 Å². The number of nitrogens with zero attached hydrogens (tertiary/aromatic N) is 3. The molecule has 0 saturated carbocycles. The van der Waals surface area contributed by atoms with Crippen LogP contribution < -0.4 is 10.3 Å². The van der Waals surface area contributed by atoms with E-state index in [2.05, 4.69) is 11.9 Å². The zero-order valence-corrected chi connectivity index (χ0v) is 17.5. The molecular weight excluding hydrogens is 374 g/mol. The second-order valence-corrected chi connectivity index (χ2v) is 7.64. The van der Waals surface area contributed by atoms with E-state index in [9.17, 15) is 9.59 Å². The highest BCUT2D eigenvalue weighted by molar-refractivity contribution is 7.17. The van der Waals surface area contributed by atoms with Crippen LogP contribution in [0.1, 0.15) is 25.6 Å². The lowest BCUT2D eigenvalue weighted by atomic mass is 10.1. The third-order valence-corrected chi connectivity index (χ3v) is 5.72. The van der Waals surface area contributed by atoms with Gasteiger partial charge in [0, 0.05) is 24.5 Å². The largest absolute Gasteiger partial charge is 0.497 e. The summed E-state index contributed by atoms with van der Waals surface area (Å²) >= 11 is 1.44. The third-order valence-electron chi connectivity index (χ3n) is 4.85. The van der Waals surface area contributed by atoms with Gasteiger partial charge in [0.1, 0.15) is 22.9 Å². The summed E-state index contributed by atoms with van der Waals surface area (Å²) in [6.07, 6.45) is 1.96. The van der Waals surface area contributed by atoms with Crippen molar-refractivity contribution in [3.63, 3.8) is 0 Å². The smallest absolute Gasteiger partial charge is 0.263 e. The molecule has 0 fully saturated rings. The Morgan fingerprint density at radius 1 is 1.29 bits per heavy atom. The summed E-state index contributed by atoms with van der Waals surface area (Å²) in [5, 5.41) is 2.50. The maximum absolute atomic E-state index is 13.2. The van der Waals surface area contributed by atoms with Crippen LogP contribution in [0.25, 0.3) is 21.3 Å². The van der Waals surface area contributed by atoms with Crippen LogP contribution in [0.4, 0.5) is 0 Å². The Morgan fingerprint density at radius 2 is 2.00 bits per heavy atom. The van der Waals surface area contributed by atoms with Gasteiger partial charge in [-0.05, 0) is 31.0 Å². The number of rotatable bonds is 7. The molecule has 1 amide bonds. The van der Waals surface area contributed by atoms with E-state index in [-0.39, 0.29) is 18.0 Å². The number of aryl methyl sites for hydroxylation is 1. The molecule has 0 aliphatic carbocycles. The van der Waals surface area contributed by atoms with E-state index in [0.717, 1.165) is 29.7 Å². The number of likely N-dealkylation sites (N-methyl/N-ethyl adjacent to an activating group) is 1. The van der Waals surface area contributed by atoms with Crippen LogP contribution in [-0.4, -0.2) is 41.1 Å². The van der Waals surface area contributed by atoms with E-state index >= 15 is 0 Å². The zero-order valence-electron chi connectivity index (χ0n) is 16.7. The fraction of sp³-hybridized carbons (Fsp3) is 0.381. The number of thiophene rings is 1. The SMILES string of the molecule is CCCCN(C)C(=O)Cn1c(C)nc2scc(-c3ccc(OC)cc3)c2c1=O. The van der Waals surface area contributed by atoms with Crippen molar-refractivity contribution in [2.75, 3.05) is 20.7 Å². The average molecular weight is 400 g/mol. The van der Waals surface area contributed by atoms with Crippen LogP contribution in [0, 0.1) is 6.92 Å². The topological polar surface area (TPSA) is 64.4 Å². The lowest BCUT2D eigenvalue weighted by Crippen LogP contribution is -2.35. The standard InChI is InChI=1S/C21H25N3O3S/c1-5-6-11-23(3)18(25)12-24-14(2)22-20-19(21(24)26)17(13-28-20)15-7-9-16(27-4)10-8-15/h7-10,13H,5-6,11-12H2,1-4H3. The first-order valence-corrected chi connectivity index (χ1v) is 10.2. The molecule has 28 heavy (non-hydrogen) atoms. The first-order valence-electron chi connectivity index (χ1n) is 9.33. The number of hydrogen-bond donors (Lipinski definition) is 0. The molecule has 0 radical (unpaired) electrons. The molecule has 2 aromatic heterocycles.